The van der Waals surface area contributed by atoms with Gasteiger partial charge in [0.05, 0.1) is 0 Å². The van der Waals surface area contributed by atoms with Gasteiger partial charge in [-0.3, -0.25) is 14.7 Å². The number of pyridine rings is 1. The molecule has 0 aliphatic carbocycles. The van der Waals surface area contributed by atoms with Crippen LogP contribution < -0.4 is 0 Å². The zero-order chi connectivity index (χ0) is 12.0. The number of hydrogen-bond donors (Lipinski definition) is 1. The van der Waals surface area contributed by atoms with Gasteiger partial charge >= 0.3 is 5.97 Å². The Morgan fingerprint density at radius 2 is 2.12 bits per heavy atom. The van der Waals surface area contributed by atoms with Gasteiger partial charge in [-0.05, 0) is 38.1 Å². The minimum Gasteiger partial charge on any atom is -0.481 e. The molecule has 4 nitrogen and oxygen atoms in total. The van der Waals surface area contributed by atoms with E-state index in [1.165, 1.54) is 5.56 Å². The summed E-state index contributed by atoms with van der Waals surface area (Å²) in [6.07, 6.45) is 4.44. The Bertz CT molecular complexity index is 327. The van der Waals surface area contributed by atoms with Crippen molar-refractivity contribution in [2.24, 2.45) is 0 Å². The van der Waals surface area contributed by atoms with Gasteiger partial charge in [0.25, 0.3) is 0 Å². The molecule has 1 aromatic rings. The van der Waals surface area contributed by atoms with Crippen molar-refractivity contribution < 1.29 is 9.90 Å². The minimum absolute atomic E-state index is 0.224. The van der Waals surface area contributed by atoms with E-state index in [0.717, 1.165) is 6.54 Å². The first-order chi connectivity index (χ1) is 7.59. The Morgan fingerprint density at radius 3 is 2.69 bits per heavy atom. The van der Waals surface area contributed by atoms with Crippen LogP contribution in [0.1, 0.15) is 25.3 Å². The summed E-state index contributed by atoms with van der Waals surface area (Å²) < 4.78 is 0. The molecule has 0 spiro atoms. The van der Waals surface area contributed by atoms with E-state index < -0.39 is 5.97 Å². The molecule has 1 rings (SSSR count). The first kappa shape index (κ1) is 12.6. The lowest BCUT2D eigenvalue weighted by molar-refractivity contribution is -0.137. The maximum absolute atomic E-state index is 10.5. The summed E-state index contributed by atoms with van der Waals surface area (Å²) in [7, 11) is 2.01. The maximum Gasteiger partial charge on any atom is 0.303 e. The van der Waals surface area contributed by atoms with Crippen molar-refractivity contribution in [2.75, 3.05) is 7.05 Å². The van der Waals surface area contributed by atoms with E-state index in [2.05, 4.69) is 9.88 Å². The standard InChI is InChI=1S/C12H18N2O2/c1-10(3-4-12(15)16)14(2)9-11-5-7-13-8-6-11/h5-8,10H,3-4,9H2,1-2H3,(H,15,16). The molecule has 0 saturated heterocycles. The number of carbonyl (C=O) groups is 1. The molecular weight excluding hydrogens is 204 g/mol. The smallest absolute Gasteiger partial charge is 0.303 e. The van der Waals surface area contributed by atoms with Crippen molar-refractivity contribution in [1.82, 2.24) is 9.88 Å². The van der Waals surface area contributed by atoms with Crippen molar-refractivity contribution in [3.63, 3.8) is 0 Å². The lowest BCUT2D eigenvalue weighted by atomic mass is 10.1. The minimum atomic E-state index is -0.732. The first-order valence-corrected chi connectivity index (χ1v) is 5.40. The molecule has 1 N–H and O–H groups in total. The van der Waals surface area contributed by atoms with Crippen LogP contribution in [-0.2, 0) is 11.3 Å². The molecule has 16 heavy (non-hydrogen) atoms. The monoisotopic (exact) mass is 222 g/mol. The van der Waals surface area contributed by atoms with Gasteiger partial charge in [-0.25, -0.2) is 0 Å². The van der Waals surface area contributed by atoms with E-state index in [4.69, 9.17) is 5.11 Å². The van der Waals surface area contributed by atoms with Gasteiger partial charge in [-0.15, -0.1) is 0 Å². The van der Waals surface area contributed by atoms with Gasteiger partial charge < -0.3 is 5.11 Å². The number of aromatic nitrogens is 1. The first-order valence-electron chi connectivity index (χ1n) is 5.40. The van der Waals surface area contributed by atoms with E-state index in [1.807, 2.05) is 26.1 Å². The quantitative estimate of drug-likeness (QED) is 0.797. The zero-order valence-electron chi connectivity index (χ0n) is 9.76. The van der Waals surface area contributed by atoms with Crippen LogP contribution in [0.15, 0.2) is 24.5 Å². The number of aliphatic carboxylic acids is 1. The fourth-order valence-corrected chi connectivity index (χ4v) is 1.48. The second-order valence-electron chi connectivity index (χ2n) is 4.05. The van der Waals surface area contributed by atoms with Crippen LogP contribution in [-0.4, -0.2) is 34.0 Å². The summed E-state index contributed by atoms with van der Waals surface area (Å²) in [6, 6.07) is 4.21. The molecule has 0 aromatic carbocycles. The molecule has 0 bridgehead atoms. The molecule has 0 aliphatic heterocycles. The number of carboxylic acids is 1. The second-order valence-corrected chi connectivity index (χ2v) is 4.05. The molecule has 0 aliphatic rings. The van der Waals surface area contributed by atoms with Crippen LogP contribution >= 0.6 is 0 Å². The van der Waals surface area contributed by atoms with Crippen molar-refractivity contribution in [1.29, 1.82) is 0 Å². The summed E-state index contributed by atoms with van der Waals surface area (Å²) in [5.74, 6) is -0.732. The van der Waals surface area contributed by atoms with Crippen LogP contribution in [0.25, 0.3) is 0 Å². The Hall–Kier alpha value is -1.42. The van der Waals surface area contributed by atoms with E-state index in [0.29, 0.717) is 6.42 Å². The SMILES string of the molecule is CC(CCC(=O)O)N(C)Cc1ccncc1. The Kier molecular flexibility index (Phi) is 4.92. The lowest BCUT2D eigenvalue weighted by Gasteiger charge is -2.24. The number of hydrogen-bond acceptors (Lipinski definition) is 3. The predicted molar refractivity (Wildman–Crippen MR) is 62.0 cm³/mol. The number of carboxylic acid groups (broad SMARTS) is 1. The normalized spacial score (nSPS) is 12.7. The number of nitrogens with zero attached hydrogens (tertiary/aromatic N) is 2. The highest BCUT2D eigenvalue weighted by molar-refractivity contribution is 5.66. The third-order valence-electron chi connectivity index (χ3n) is 2.71. The topological polar surface area (TPSA) is 53.4 Å². The van der Waals surface area contributed by atoms with Crippen molar-refractivity contribution in [3.05, 3.63) is 30.1 Å². The highest BCUT2D eigenvalue weighted by Gasteiger charge is 2.11. The zero-order valence-corrected chi connectivity index (χ0v) is 9.76. The molecule has 88 valence electrons. The summed E-state index contributed by atoms with van der Waals surface area (Å²) >= 11 is 0. The molecule has 0 radical (unpaired) electrons. The van der Waals surface area contributed by atoms with Crippen LogP contribution in [0.5, 0.6) is 0 Å². The fraction of sp³-hybridized carbons (Fsp3) is 0.500. The van der Waals surface area contributed by atoms with Gasteiger partial charge in [-0.1, -0.05) is 0 Å². The Morgan fingerprint density at radius 1 is 1.50 bits per heavy atom. The molecule has 1 unspecified atom stereocenters. The van der Waals surface area contributed by atoms with Gasteiger partial charge in [0.1, 0.15) is 0 Å². The molecule has 0 saturated carbocycles. The molecular formula is C12H18N2O2. The van der Waals surface area contributed by atoms with Gasteiger partial charge in [0.15, 0.2) is 0 Å². The number of rotatable bonds is 6. The third-order valence-corrected chi connectivity index (χ3v) is 2.71. The summed E-state index contributed by atoms with van der Waals surface area (Å²) in [6.45, 7) is 2.87. The second kappa shape index (κ2) is 6.23. The Labute approximate surface area is 95.9 Å². The van der Waals surface area contributed by atoms with Crippen molar-refractivity contribution >= 4 is 5.97 Å². The predicted octanol–water partition coefficient (Wildman–Crippen LogP) is 1.77. The van der Waals surface area contributed by atoms with Crippen LogP contribution in [0.2, 0.25) is 0 Å². The van der Waals surface area contributed by atoms with E-state index in [9.17, 15) is 4.79 Å². The van der Waals surface area contributed by atoms with Crippen LogP contribution in [0, 0.1) is 0 Å². The van der Waals surface area contributed by atoms with Gasteiger partial charge in [0.2, 0.25) is 0 Å². The van der Waals surface area contributed by atoms with Gasteiger partial charge in [-0.2, -0.15) is 0 Å². The highest BCUT2D eigenvalue weighted by atomic mass is 16.4. The molecule has 1 aromatic heterocycles. The maximum atomic E-state index is 10.5. The largest absolute Gasteiger partial charge is 0.481 e. The van der Waals surface area contributed by atoms with Crippen molar-refractivity contribution in [3.8, 4) is 0 Å². The molecule has 0 fully saturated rings. The van der Waals surface area contributed by atoms with E-state index >= 15 is 0 Å². The van der Waals surface area contributed by atoms with Crippen LogP contribution in [0.4, 0.5) is 0 Å². The fourth-order valence-electron chi connectivity index (χ4n) is 1.48. The lowest BCUT2D eigenvalue weighted by Crippen LogP contribution is -2.29. The van der Waals surface area contributed by atoms with Crippen molar-refractivity contribution in [2.45, 2.75) is 32.4 Å². The average molecular weight is 222 g/mol. The summed E-state index contributed by atoms with van der Waals surface area (Å²) in [4.78, 5) is 16.6. The van der Waals surface area contributed by atoms with Crippen LogP contribution in [0.3, 0.4) is 0 Å². The Balaban J connectivity index is 2.39. The third kappa shape index (κ3) is 4.40. The molecule has 1 atom stereocenters. The molecule has 1 heterocycles. The summed E-state index contributed by atoms with van der Waals surface area (Å²) in [5, 5.41) is 8.61. The van der Waals surface area contributed by atoms with E-state index in [-0.39, 0.29) is 12.5 Å². The molecule has 0 amide bonds. The van der Waals surface area contributed by atoms with E-state index in [1.54, 1.807) is 12.4 Å². The molecule has 4 heteroatoms. The average Bonchev–Trinajstić information content (AvgIpc) is 2.27. The summed E-state index contributed by atoms with van der Waals surface area (Å²) in [5.41, 5.74) is 1.19. The van der Waals surface area contributed by atoms with Gasteiger partial charge in [0, 0.05) is 31.4 Å². The highest BCUT2D eigenvalue weighted by Crippen LogP contribution is 2.09.